The van der Waals surface area contributed by atoms with Crippen LogP contribution in [0.25, 0.3) is 0 Å². The van der Waals surface area contributed by atoms with E-state index in [1.165, 1.54) is 5.56 Å². The number of thiophene rings is 1. The summed E-state index contributed by atoms with van der Waals surface area (Å²) >= 11 is 1.58. The summed E-state index contributed by atoms with van der Waals surface area (Å²) in [6.07, 6.45) is 1.86. The number of aliphatic hydroxyl groups is 1. The molecule has 4 rings (SSSR count). The number of para-hydroxylation sites is 2. The quantitative estimate of drug-likeness (QED) is 0.579. The predicted molar refractivity (Wildman–Crippen MR) is 122 cm³/mol. The lowest BCUT2D eigenvalue weighted by molar-refractivity contribution is -0.117. The molecule has 2 aliphatic rings. The molecule has 7 nitrogen and oxygen atoms in total. The first-order valence-corrected chi connectivity index (χ1v) is 11.9. The molecule has 1 aromatic heterocycles. The number of hydrogen-bond acceptors (Lipinski definition) is 7. The summed E-state index contributed by atoms with van der Waals surface area (Å²) in [7, 11) is 0. The fourth-order valence-corrected chi connectivity index (χ4v) is 4.85. The first-order valence-electron chi connectivity index (χ1n) is 11.0. The van der Waals surface area contributed by atoms with Crippen LogP contribution in [-0.2, 0) is 11.2 Å². The van der Waals surface area contributed by atoms with Crippen molar-refractivity contribution >= 4 is 22.2 Å². The molecule has 1 saturated heterocycles. The van der Waals surface area contributed by atoms with Gasteiger partial charge in [-0.25, -0.2) is 0 Å². The summed E-state index contributed by atoms with van der Waals surface area (Å²) in [5, 5.41) is 20.0. The number of fused-ring (bicyclic) bond motifs is 1. The number of benzene rings is 1. The van der Waals surface area contributed by atoms with Crippen molar-refractivity contribution in [2.75, 3.05) is 38.1 Å². The molecule has 3 N–H and O–H groups in total. The summed E-state index contributed by atoms with van der Waals surface area (Å²) in [4.78, 5) is 14.5. The molecule has 2 unspecified atom stereocenters. The maximum Gasteiger partial charge on any atom is 0.239 e. The molecule has 0 radical (unpaired) electrons. The summed E-state index contributed by atoms with van der Waals surface area (Å²) in [5.74, 6) is 1.44. The van der Waals surface area contributed by atoms with Crippen molar-refractivity contribution in [2.24, 2.45) is 0 Å². The van der Waals surface area contributed by atoms with E-state index in [9.17, 15) is 9.90 Å². The molecule has 1 amide bonds. The Morgan fingerprint density at radius 1 is 1.29 bits per heavy atom. The number of hydrogen-bond donors (Lipinski definition) is 3. The van der Waals surface area contributed by atoms with E-state index in [0.717, 1.165) is 43.1 Å². The van der Waals surface area contributed by atoms with Gasteiger partial charge in [-0.3, -0.25) is 9.69 Å². The van der Waals surface area contributed by atoms with Gasteiger partial charge in [-0.15, -0.1) is 11.3 Å². The molecule has 31 heavy (non-hydrogen) atoms. The molecular weight excluding hydrogens is 414 g/mol. The highest BCUT2D eigenvalue weighted by molar-refractivity contribution is 7.14. The molecule has 1 fully saturated rings. The number of ether oxygens (including phenoxy) is 2. The summed E-state index contributed by atoms with van der Waals surface area (Å²) < 4.78 is 11.6. The van der Waals surface area contributed by atoms with Gasteiger partial charge in [-0.2, -0.15) is 0 Å². The number of carbonyl (C=O) groups excluding carboxylic acids is 1. The van der Waals surface area contributed by atoms with Gasteiger partial charge in [-0.1, -0.05) is 19.1 Å². The van der Waals surface area contributed by atoms with E-state index in [-0.39, 0.29) is 12.0 Å². The number of nitrogens with zero attached hydrogens (tertiary/aromatic N) is 1. The number of amides is 1. The van der Waals surface area contributed by atoms with Crippen LogP contribution in [0.4, 0.5) is 5.00 Å². The van der Waals surface area contributed by atoms with Gasteiger partial charge >= 0.3 is 0 Å². The normalized spacial score (nSPS) is 20.4. The largest absolute Gasteiger partial charge is 0.486 e. The number of aryl methyl sites for hydroxylation is 1. The van der Waals surface area contributed by atoms with E-state index < -0.39 is 6.10 Å². The molecule has 2 aliphatic heterocycles. The van der Waals surface area contributed by atoms with Crippen molar-refractivity contribution < 1.29 is 19.4 Å². The minimum Gasteiger partial charge on any atom is -0.486 e. The molecular formula is C23H31N3O4S. The summed E-state index contributed by atoms with van der Waals surface area (Å²) in [5.41, 5.74) is 1.25. The van der Waals surface area contributed by atoms with E-state index in [0.29, 0.717) is 31.5 Å². The van der Waals surface area contributed by atoms with Gasteiger partial charge in [-0.05, 0) is 48.4 Å². The minimum atomic E-state index is -0.643. The predicted octanol–water partition coefficient (Wildman–Crippen LogP) is 2.50. The van der Waals surface area contributed by atoms with Gasteiger partial charge in [0, 0.05) is 25.7 Å². The van der Waals surface area contributed by atoms with Crippen molar-refractivity contribution in [3.8, 4) is 11.5 Å². The highest BCUT2D eigenvalue weighted by Gasteiger charge is 2.28. The number of likely N-dealkylation sites (tertiary alicyclic amines) is 1. The van der Waals surface area contributed by atoms with Crippen LogP contribution in [0.3, 0.4) is 0 Å². The third kappa shape index (κ3) is 5.98. The van der Waals surface area contributed by atoms with E-state index in [2.05, 4.69) is 27.8 Å². The van der Waals surface area contributed by atoms with Crippen LogP contribution >= 0.6 is 11.3 Å². The third-order valence-corrected chi connectivity index (χ3v) is 6.75. The Labute approximate surface area is 187 Å². The van der Waals surface area contributed by atoms with Crippen LogP contribution in [-0.4, -0.2) is 66.9 Å². The van der Waals surface area contributed by atoms with E-state index in [1.807, 2.05) is 30.3 Å². The molecule has 0 spiro atoms. The standard InChI is InChI=1S/C23H31N3O4S/c1-2-16-11-23(31-15-16)25-22(28)13-26-9-7-17(8-10-26)24-12-18(27)21-14-29-19-5-3-4-6-20(19)30-21/h3-6,11,15,17-18,21,24,27H,2,7-10,12-14H2,1H3,(H,25,28). The van der Waals surface area contributed by atoms with E-state index in [4.69, 9.17) is 9.47 Å². The van der Waals surface area contributed by atoms with Crippen molar-refractivity contribution in [1.82, 2.24) is 10.2 Å². The molecule has 3 heterocycles. The molecule has 168 valence electrons. The molecule has 2 aromatic rings. The molecule has 2 atom stereocenters. The number of anilines is 1. The van der Waals surface area contributed by atoms with Crippen LogP contribution in [0.5, 0.6) is 11.5 Å². The zero-order valence-corrected chi connectivity index (χ0v) is 18.7. The monoisotopic (exact) mass is 445 g/mol. The second-order valence-electron chi connectivity index (χ2n) is 8.16. The number of piperidine rings is 1. The van der Waals surface area contributed by atoms with Gasteiger partial charge in [0.25, 0.3) is 0 Å². The first-order chi connectivity index (χ1) is 15.1. The Hall–Kier alpha value is -2.13. The first kappa shape index (κ1) is 22.1. The smallest absolute Gasteiger partial charge is 0.239 e. The Kier molecular flexibility index (Phi) is 7.45. The maximum atomic E-state index is 12.3. The number of aliphatic hydroxyl groups excluding tert-OH is 1. The fraction of sp³-hybridized carbons (Fsp3) is 0.522. The molecule has 0 aliphatic carbocycles. The highest BCUT2D eigenvalue weighted by atomic mass is 32.1. The lowest BCUT2D eigenvalue weighted by Crippen LogP contribution is -2.50. The zero-order chi connectivity index (χ0) is 21.6. The number of carbonyl (C=O) groups is 1. The van der Waals surface area contributed by atoms with Gasteiger partial charge in [0.15, 0.2) is 17.6 Å². The minimum absolute atomic E-state index is 0.0427. The molecule has 0 bridgehead atoms. The van der Waals surface area contributed by atoms with Crippen molar-refractivity contribution in [1.29, 1.82) is 0 Å². The molecule has 0 saturated carbocycles. The SMILES string of the molecule is CCc1csc(NC(=O)CN2CCC(NCC(O)C3COc4ccccc4O3)CC2)c1. The van der Waals surface area contributed by atoms with Crippen molar-refractivity contribution in [2.45, 2.75) is 44.4 Å². The van der Waals surface area contributed by atoms with Crippen molar-refractivity contribution in [3.05, 3.63) is 41.3 Å². The second kappa shape index (κ2) is 10.5. The van der Waals surface area contributed by atoms with Crippen LogP contribution in [0, 0.1) is 0 Å². The Morgan fingerprint density at radius 3 is 2.81 bits per heavy atom. The second-order valence-corrected chi connectivity index (χ2v) is 9.07. The van der Waals surface area contributed by atoms with Gasteiger partial charge in [0.1, 0.15) is 12.7 Å². The average molecular weight is 446 g/mol. The Morgan fingerprint density at radius 2 is 2.06 bits per heavy atom. The lowest BCUT2D eigenvalue weighted by Gasteiger charge is -2.34. The third-order valence-electron chi connectivity index (χ3n) is 5.85. The van der Waals surface area contributed by atoms with Crippen LogP contribution in [0.2, 0.25) is 0 Å². The van der Waals surface area contributed by atoms with Crippen LogP contribution < -0.4 is 20.1 Å². The maximum absolute atomic E-state index is 12.3. The van der Waals surface area contributed by atoms with Crippen LogP contribution in [0.15, 0.2) is 35.7 Å². The zero-order valence-electron chi connectivity index (χ0n) is 17.9. The highest BCUT2D eigenvalue weighted by Crippen LogP contribution is 2.31. The Balaban J connectivity index is 1.14. The topological polar surface area (TPSA) is 83.1 Å². The van der Waals surface area contributed by atoms with Gasteiger partial charge < -0.3 is 25.2 Å². The van der Waals surface area contributed by atoms with Gasteiger partial charge in [0.05, 0.1) is 11.5 Å². The number of nitrogens with one attached hydrogen (secondary N) is 2. The lowest BCUT2D eigenvalue weighted by atomic mass is 10.0. The average Bonchev–Trinajstić information content (AvgIpc) is 3.25. The van der Waals surface area contributed by atoms with E-state index in [1.54, 1.807) is 11.3 Å². The van der Waals surface area contributed by atoms with Crippen LogP contribution in [0.1, 0.15) is 25.3 Å². The fourth-order valence-electron chi connectivity index (χ4n) is 3.95. The Bertz CT molecular complexity index is 866. The number of rotatable bonds is 8. The molecule has 1 aromatic carbocycles. The summed E-state index contributed by atoms with van der Waals surface area (Å²) in [6.45, 7) is 5.06. The summed E-state index contributed by atoms with van der Waals surface area (Å²) in [6, 6.07) is 9.90. The van der Waals surface area contributed by atoms with E-state index >= 15 is 0 Å². The molecule has 8 heteroatoms. The van der Waals surface area contributed by atoms with Gasteiger partial charge in [0.2, 0.25) is 5.91 Å². The van der Waals surface area contributed by atoms with Crippen molar-refractivity contribution in [3.63, 3.8) is 0 Å².